The molecule has 0 bridgehead atoms. The van der Waals surface area contributed by atoms with E-state index in [0.717, 1.165) is 24.8 Å². The topological polar surface area (TPSA) is 58.6 Å². The summed E-state index contributed by atoms with van der Waals surface area (Å²) in [5, 5.41) is 5.67. The smallest absolute Gasteiger partial charge is 0.266 e. The maximum absolute atomic E-state index is 13.7. The normalized spacial score (nSPS) is 24.0. The highest BCUT2D eigenvalue weighted by atomic mass is 32.1. The highest BCUT2D eigenvalue weighted by Crippen LogP contribution is 2.45. The van der Waals surface area contributed by atoms with Crippen molar-refractivity contribution >= 4 is 39.5 Å². The third-order valence-corrected chi connectivity index (χ3v) is 8.42. The zero-order valence-corrected chi connectivity index (χ0v) is 20.6. The molecular weight excluding hydrogens is 428 g/mol. The number of ether oxygens (including phenoxy) is 1. The zero-order valence-electron chi connectivity index (χ0n) is 19.0. The van der Waals surface area contributed by atoms with Crippen LogP contribution in [0, 0.1) is 11.3 Å². The van der Waals surface area contributed by atoms with Gasteiger partial charge < -0.3 is 15.0 Å². The lowest BCUT2D eigenvalue weighted by Gasteiger charge is -2.36. The summed E-state index contributed by atoms with van der Waals surface area (Å²) in [4.78, 5) is 30.4. The minimum atomic E-state index is -0.140. The maximum Gasteiger partial charge on any atom is 0.266 e. The Morgan fingerprint density at radius 1 is 1.19 bits per heavy atom. The Kier molecular flexibility index (Phi) is 6.30. The highest BCUT2D eigenvalue weighted by Gasteiger charge is 2.36. The second kappa shape index (κ2) is 8.68. The van der Waals surface area contributed by atoms with E-state index in [9.17, 15) is 9.59 Å². The van der Waals surface area contributed by atoms with Crippen LogP contribution in [-0.2, 0) is 17.6 Å². The maximum atomic E-state index is 13.7. The molecule has 2 aliphatic rings. The summed E-state index contributed by atoms with van der Waals surface area (Å²) in [6, 6.07) is 3.69. The number of hydrogen-bond donors (Lipinski definition) is 1. The van der Waals surface area contributed by atoms with Gasteiger partial charge in [0.25, 0.3) is 11.8 Å². The molecule has 31 heavy (non-hydrogen) atoms. The third kappa shape index (κ3) is 4.73. The first-order valence-corrected chi connectivity index (χ1v) is 12.8. The minimum Gasteiger partial charge on any atom is -0.372 e. The molecule has 3 heterocycles. The van der Waals surface area contributed by atoms with E-state index in [0.29, 0.717) is 34.4 Å². The Morgan fingerprint density at radius 3 is 2.52 bits per heavy atom. The molecule has 0 radical (unpaired) electrons. The van der Waals surface area contributed by atoms with Crippen molar-refractivity contribution in [2.24, 2.45) is 11.3 Å². The van der Waals surface area contributed by atoms with Crippen LogP contribution in [0.1, 0.15) is 71.5 Å². The van der Waals surface area contributed by atoms with E-state index >= 15 is 0 Å². The van der Waals surface area contributed by atoms with E-state index < -0.39 is 0 Å². The van der Waals surface area contributed by atoms with Crippen LogP contribution < -0.4 is 5.32 Å². The van der Waals surface area contributed by atoms with Gasteiger partial charge >= 0.3 is 0 Å². The molecule has 0 saturated carbocycles. The van der Waals surface area contributed by atoms with Crippen molar-refractivity contribution in [2.75, 3.05) is 18.4 Å². The summed E-state index contributed by atoms with van der Waals surface area (Å²) in [7, 11) is 0. The molecule has 2 aromatic rings. The first kappa shape index (κ1) is 22.5. The SMILES string of the molecule is CC1CN(C(=O)c2c(NC(=O)c3cccs3)sc3c2CCC(C(C)(C)C)C3)CC(C)O1. The van der Waals surface area contributed by atoms with Crippen molar-refractivity contribution < 1.29 is 14.3 Å². The van der Waals surface area contributed by atoms with Crippen LogP contribution in [0.5, 0.6) is 0 Å². The quantitative estimate of drug-likeness (QED) is 0.661. The molecule has 1 fully saturated rings. The van der Waals surface area contributed by atoms with E-state index in [4.69, 9.17) is 4.74 Å². The lowest BCUT2D eigenvalue weighted by Crippen LogP contribution is -2.48. The number of anilines is 1. The number of morpholine rings is 1. The largest absolute Gasteiger partial charge is 0.372 e. The summed E-state index contributed by atoms with van der Waals surface area (Å²) in [6.07, 6.45) is 2.95. The molecule has 1 saturated heterocycles. The van der Waals surface area contributed by atoms with Gasteiger partial charge in [-0.2, -0.15) is 0 Å². The van der Waals surface area contributed by atoms with Gasteiger partial charge in [0.15, 0.2) is 0 Å². The Balaban J connectivity index is 1.69. The number of thiophene rings is 2. The van der Waals surface area contributed by atoms with Crippen molar-refractivity contribution in [1.82, 2.24) is 4.90 Å². The predicted octanol–water partition coefficient (Wildman–Crippen LogP) is 5.46. The van der Waals surface area contributed by atoms with Gasteiger partial charge in [0.2, 0.25) is 0 Å². The summed E-state index contributed by atoms with van der Waals surface area (Å²) in [5.41, 5.74) is 2.07. The average Bonchev–Trinajstić information content (AvgIpc) is 3.33. The fourth-order valence-corrected chi connectivity index (χ4v) is 6.65. The third-order valence-electron chi connectivity index (χ3n) is 6.38. The monoisotopic (exact) mass is 460 g/mol. The van der Waals surface area contributed by atoms with Gasteiger partial charge in [0.1, 0.15) is 5.00 Å². The van der Waals surface area contributed by atoms with E-state index in [1.165, 1.54) is 16.2 Å². The van der Waals surface area contributed by atoms with Gasteiger partial charge in [-0.25, -0.2) is 0 Å². The van der Waals surface area contributed by atoms with Gasteiger partial charge in [0.05, 0.1) is 22.6 Å². The standard InChI is InChI=1S/C24H32N2O3S2/c1-14-12-26(13-15(2)29-14)23(28)20-17-9-8-16(24(3,4)5)11-19(17)31-22(20)25-21(27)18-7-6-10-30-18/h6-7,10,14-16H,8-9,11-13H2,1-5H3,(H,25,27). The molecule has 0 aromatic carbocycles. The first-order chi connectivity index (χ1) is 14.6. The molecule has 3 unspecified atom stereocenters. The van der Waals surface area contributed by atoms with Gasteiger partial charge in [-0.15, -0.1) is 22.7 Å². The fraction of sp³-hybridized carbons (Fsp3) is 0.583. The van der Waals surface area contributed by atoms with Crippen molar-refractivity contribution in [3.8, 4) is 0 Å². The number of carbonyl (C=O) groups is 2. The molecule has 7 heteroatoms. The summed E-state index contributed by atoms with van der Waals surface area (Å²) >= 11 is 3.01. The molecule has 2 aromatic heterocycles. The van der Waals surface area contributed by atoms with Gasteiger partial charge in [-0.05, 0) is 61.5 Å². The van der Waals surface area contributed by atoms with Crippen molar-refractivity contribution in [3.63, 3.8) is 0 Å². The molecule has 0 spiro atoms. The number of carbonyl (C=O) groups excluding carboxylic acids is 2. The average molecular weight is 461 g/mol. The van der Waals surface area contributed by atoms with Crippen LogP contribution in [0.15, 0.2) is 17.5 Å². The van der Waals surface area contributed by atoms with Crippen molar-refractivity contribution in [1.29, 1.82) is 0 Å². The lowest BCUT2D eigenvalue weighted by molar-refractivity contribution is -0.0586. The van der Waals surface area contributed by atoms with E-state index in [1.807, 2.05) is 36.3 Å². The molecule has 3 atom stereocenters. The van der Waals surface area contributed by atoms with Crippen LogP contribution in [0.4, 0.5) is 5.00 Å². The predicted molar refractivity (Wildman–Crippen MR) is 127 cm³/mol. The zero-order chi connectivity index (χ0) is 22.3. The molecule has 5 nitrogen and oxygen atoms in total. The summed E-state index contributed by atoms with van der Waals surface area (Å²) in [5.74, 6) is 0.458. The van der Waals surface area contributed by atoms with Crippen LogP contribution in [0.25, 0.3) is 0 Å². The first-order valence-electron chi connectivity index (χ1n) is 11.1. The van der Waals surface area contributed by atoms with Gasteiger partial charge in [-0.3, -0.25) is 9.59 Å². The van der Waals surface area contributed by atoms with Crippen LogP contribution in [0.2, 0.25) is 0 Å². The summed E-state index contributed by atoms with van der Waals surface area (Å²) < 4.78 is 5.83. The van der Waals surface area contributed by atoms with Gasteiger partial charge in [-0.1, -0.05) is 26.8 Å². The molecule has 1 aliphatic heterocycles. The number of fused-ring (bicyclic) bond motifs is 1. The Labute approximate surface area is 192 Å². The Morgan fingerprint density at radius 2 is 1.90 bits per heavy atom. The fourth-order valence-electron chi connectivity index (χ4n) is 4.71. The van der Waals surface area contributed by atoms with E-state index in [-0.39, 0.29) is 29.4 Å². The highest BCUT2D eigenvalue weighted by molar-refractivity contribution is 7.17. The number of rotatable bonds is 3. The Bertz CT molecular complexity index is 948. The number of hydrogen-bond acceptors (Lipinski definition) is 5. The van der Waals surface area contributed by atoms with Crippen LogP contribution in [-0.4, -0.2) is 42.0 Å². The molecule has 1 aliphatic carbocycles. The number of nitrogens with zero attached hydrogens (tertiary/aromatic N) is 1. The van der Waals surface area contributed by atoms with Crippen molar-refractivity contribution in [2.45, 2.75) is 66.1 Å². The molecule has 4 rings (SSSR count). The minimum absolute atomic E-state index is 0.0107. The molecule has 2 amide bonds. The van der Waals surface area contributed by atoms with Crippen LogP contribution >= 0.6 is 22.7 Å². The van der Waals surface area contributed by atoms with Crippen molar-refractivity contribution in [3.05, 3.63) is 38.4 Å². The van der Waals surface area contributed by atoms with E-state index in [1.54, 1.807) is 11.3 Å². The van der Waals surface area contributed by atoms with Crippen LogP contribution in [0.3, 0.4) is 0 Å². The van der Waals surface area contributed by atoms with Gasteiger partial charge in [0, 0.05) is 18.0 Å². The molecule has 168 valence electrons. The summed E-state index contributed by atoms with van der Waals surface area (Å²) in [6.45, 7) is 12.0. The molecule has 1 N–H and O–H groups in total. The second-order valence-electron chi connectivity index (χ2n) is 9.91. The second-order valence-corrected chi connectivity index (χ2v) is 12.0. The lowest BCUT2D eigenvalue weighted by atomic mass is 9.72. The number of amides is 2. The molecular formula is C24H32N2O3S2. The van der Waals surface area contributed by atoms with E-state index in [2.05, 4.69) is 26.1 Å². The number of nitrogens with one attached hydrogen (secondary N) is 1. The Hall–Kier alpha value is -1.70.